The lowest BCUT2D eigenvalue weighted by Gasteiger charge is -2.25. The molecule has 0 spiro atoms. The van der Waals surface area contributed by atoms with E-state index in [4.69, 9.17) is 11.6 Å². The average Bonchev–Trinajstić information content (AvgIpc) is 2.99. The lowest BCUT2D eigenvalue weighted by molar-refractivity contribution is 0.372. The summed E-state index contributed by atoms with van der Waals surface area (Å²) < 4.78 is 27.3. The summed E-state index contributed by atoms with van der Waals surface area (Å²) in [6.07, 6.45) is 4.87. The second-order valence-corrected chi connectivity index (χ2v) is 7.62. The molecular weight excluding hydrogens is 294 g/mol. The zero-order chi connectivity index (χ0) is 14.8. The summed E-state index contributed by atoms with van der Waals surface area (Å²) in [6, 6.07) is 5.66. The van der Waals surface area contributed by atoms with Crippen LogP contribution in [0.1, 0.15) is 43.7 Å². The van der Waals surface area contributed by atoms with Gasteiger partial charge in [0.2, 0.25) is 10.0 Å². The van der Waals surface area contributed by atoms with Gasteiger partial charge >= 0.3 is 0 Å². The van der Waals surface area contributed by atoms with Crippen molar-refractivity contribution < 1.29 is 8.42 Å². The van der Waals surface area contributed by atoms with Gasteiger partial charge < -0.3 is 0 Å². The van der Waals surface area contributed by atoms with Crippen LogP contribution in [-0.2, 0) is 22.3 Å². The lowest BCUT2D eigenvalue weighted by Crippen LogP contribution is -2.35. The standard InChI is InChI=1S/C15H22ClNO2S/c1-3-13-9-8-12(11-16)10-15(13)20(18,19)17(2)14-6-4-5-7-14/h8-10,14H,3-7,11H2,1-2H3. The largest absolute Gasteiger partial charge is 0.243 e. The van der Waals surface area contributed by atoms with E-state index in [1.807, 2.05) is 19.1 Å². The van der Waals surface area contributed by atoms with E-state index in [1.165, 1.54) is 0 Å². The van der Waals surface area contributed by atoms with Gasteiger partial charge in [-0.1, -0.05) is 31.9 Å². The fraction of sp³-hybridized carbons (Fsp3) is 0.600. The summed E-state index contributed by atoms with van der Waals surface area (Å²) in [7, 11) is -1.72. The van der Waals surface area contributed by atoms with Crippen molar-refractivity contribution in [3.63, 3.8) is 0 Å². The molecule has 0 unspecified atom stereocenters. The Bertz CT molecular complexity index is 565. The number of halogens is 1. The Kier molecular flexibility index (Phi) is 5.10. The Hall–Kier alpha value is -0.580. The zero-order valence-electron chi connectivity index (χ0n) is 12.1. The maximum atomic E-state index is 12.8. The highest BCUT2D eigenvalue weighted by atomic mass is 35.5. The van der Waals surface area contributed by atoms with E-state index in [9.17, 15) is 8.42 Å². The van der Waals surface area contributed by atoms with Crippen LogP contribution in [0.15, 0.2) is 23.1 Å². The molecule has 0 N–H and O–H groups in total. The van der Waals surface area contributed by atoms with Crippen molar-refractivity contribution in [3.05, 3.63) is 29.3 Å². The topological polar surface area (TPSA) is 37.4 Å². The van der Waals surface area contributed by atoms with Gasteiger partial charge in [-0.25, -0.2) is 8.42 Å². The minimum Gasteiger partial charge on any atom is -0.207 e. The van der Waals surface area contributed by atoms with Gasteiger partial charge in [0, 0.05) is 19.0 Å². The second kappa shape index (κ2) is 6.46. The van der Waals surface area contributed by atoms with Crippen LogP contribution in [0.25, 0.3) is 0 Å². The van der Waals surface area contributed by atoms with Gasteiger partial charge in [-0.3, -0.25) is 0 Å². The first-order chi connectivity index (χ1) is 9.50. The van der Waals surface area contributed by atoms with Gasteiger partial charge in [0.1, 0.15) is 0 Å². The van der Waals surface area contributed by atoms with Crippen LogP contribution >= 0.6 is 11.6 Å². The number of aryl methyl sites for hydroxylation is 1. The van der Waals surface area contributed by atoms with E-state index >= 15 is 0 Å². The molecule has 1 aliphatic rings. The molecule has 5 heteroatoms. The van der Waals surface area contributed by atoms with Crippen LogP contribution in [0.4, 0.5) is 0 Å². The molecule has 0 radical (unpaired) electrons. The maximum Gasteiger partial charge on any atom is 0.243 e. The fourth-order valence-corrected chi connectivity index (χ4v) is 4.76. The molecule has 112 valence electrons. The van der Waals surface area contributed by atoms with Crippen LogP contribution in [0.2, 0.25) is 0 Å². The molecule has 1 aliphatic carbocycles. The Balaban J connectivity index is 2.41. The van der Waals surface area contributed by atoms with Gasteiger partial charge in [-0.15, -0.1) is 11.6 Å². The van der Waals surface area contributed by atoms with Crippen molar-refractivity contribution in [2.75, 3.05) is 7.05 Å². The number of nitrogens with zero attached hydrogens (tertiary/aromatic N) is 1. The maximum absolute atomic E-state index is 12.8. The van der Waals surface area contributed by atoms with E-state index < -0.39 is 10.0 Å². The van der Waals surface area contributed by atoms with Crippen LogP contribution < -0.4 is 0 Å². The number of alkyl halides is 1. The molecule has 2 rings (SSSR count). The molecule has 1 fully saturated rings. The van der Waals surface area contributed by atoms with Gasteiger partial charge in [-0.05, 0) is 36.5 Å². The minimum absolute atomic E-state index is 0.143. The van der Waals surface area contributed by atoms with Crippen molar-refractivity contribution in [1.29, 1.82) is 0 Å². The second-order valence-electron chi connectivity index (χ2n) is 5.39. The first-order valence-corrected chi connectivity index (χ1v) is 9.14. The Labute approximate surface area is 127 Å². The molecule has 0 amide bonds. The SMILES string of the molecule is CCc1ccc(CCl)cc1S(=O)(=O)N(C)C1CCCC1. The first-order valence-electron chi connectivity index (χ1n) is 7.16. The summed E-state index contributed by atoms with van der Waals surface area (Å²) >= 11 is 5.84. The van der Waals surface area contributed by atoms with Gasteiger partial charge in [-0.2, -0.15) is 4.31 Å². The molecule has 0 aliphatic heterocycles. The van der Waals surface area contributed by atoms with Crippen LogP contribution in [0.5, 0.6) is 0 Å². The molecule has 3 nitrogen and oxygen atoms in total. The predicted molar refractivity (Wildman–Crippen MR) is 82.6 cm³/mol. The van der Waals surface area contributed by atoms with Crippen molar-refractivity contribution >= 4 is 21.6 Å². The van der Waals surface area contributed by atoms with Crippen molar-refractivity contribution in [3.8, 4) is 0 Å². The molecule has 0 bridgehead atoms. The minimum atomic E-state index is -3.42. The fourth-order valence-electron chi connectivity index (χ4n) is 2.83. The van der Waals surface area contributed by atoms with E-state index in [0.717, 1.165) is 36.8 Å². The Morgan fingerprint density at radius 2 is 1.95 bits per heavy atom. The number of hydrogen-bond donors (Lipinski definition) is 0. The van der Waals surface area contributed by atoms with E-state index in [0.29, 0.717) is 17.2 Å². The third-order valence-corrected chi connectivity index (χ3v) is 6.46. The van der Waals surface area contributed by atoms with Crippen molar-refractivity contribution in [2.45, 2.75) is 55.8 Å². The molecule has 1 aromatic rings. The Morgan fingerprint density at radius 3 is 2.50 bits per heavy atom. The normalized spacial score (nSPS) is 17.0. The Morgan fingerprint density at radius 1 is 1.30 bits per heavy atom. The van der Waals surface area contributed by atoms with Gasteiger partial charge in [0.25, 0.3) is 0 Å². The third-order valence-electron chi connectivity index (χ3n) is 4.16. The summed E-state index contributed by atoms with van der Waals surface area (Å²) in [6.45, 7) is 1.98. The smallest absolute Gasteiger partial charge is 0.207 e. The van der Waals surface area contributed by atoms with Crippen LogP contribution in [0, 0.1) is 0 Å². The quantitative estimate of drug-likeness (QED) is 0.779. The molecule has 0 heterocycles. The first kappa shape index (κ1) is 15.8. The molecular formula is C15H22ClNO2S. The zero-order valence-corrected chi connectivity index (χ0v) is 13.7. The molecule has 1 saturated carbocycles. The number of hydrogen-bond acceptors (Lipinski definition) is 2. The number of benzene rings is 1. The highest BCUT2D eigenvalue weighted by Gasteiger charge is 2.31. The summed E-state index contributed by atoms with van der Waals surface area (Å²) in [4.78, 5) is 0.424. The van der Waals surface area contributed by atoms with Gasteiger partial charge in [0.15, 0.2) is 0 Å². The summed E-state index contributed by atoms with van der Waals surface area (Å²) in [5.41, 5.74) is 1.71. The molecule has 1 aromatic carbocycles. The highest BCUT2D eigenvalue weighted by molar-refractivity contribution is 7.89. The predicted octanol–water partition coefficient (Wildman–Crippen LogP) is 3.55. The van der Waals surface area contributed by atoms with Crippen molar-refractivity contribution in [1.82, 2.24) is 4.31 Å². The van der Waals surface area contributed by atoms with E-state index in [2.05, 4.69) is 0 Å². The summed E-state index contributed by atoms with van der Waals surface area (Å²) in [5, 5.41) is 0. The van der Waals surface area contributed by atoms with Crippen molar-refractivity contribution in [2.24, 2.45) is 0 Å². The highest BCUT2D eigenvalue weighted by Crippen LogP contribution is 2.29. The van der Waals surface area contributed by atoms with E-state index in [1.54, 1.807) is 17.4 Å². The summed E-state index contributed by atoms with van der Waals surface area (Å²) in [5.74, 6) is 0.333. The van der Waals surface area contributed by atoms with Gasteiger partial charge in [0.05, 0.1) is 4.90 Å². The molecule has 0 aromatic heterocycles. The molecule has 0 saturated heterocycles. The molecule has 20 heavy (non-hydrogen) atoms. The number of rotatable bonds is 5. The number of sulfonamides is 1. The van der Waals surface area contributed by atoms with Crippen LogP contribution in [-0.4, -0.2) is 25.8 Å². The lowest BCUT2D eigenvalue weighted by atomic mass is 10.1. The average molecular weight is 316 g/mol. The van der Waals surface area contributed by atoms with E-state index in [-0.39, 0.29) is 6.04 Å². The van der Waals surface area contributed by atoms with Crippen LogP contribution in [0.3, 0.4) is 0 Å². The molecule has 0 atom stereocenters. The monoisotopic (exact) mass is 315 g/mol. The third kappa shape index (κ3) is 3.02.